The van der Waals surface area contributed by atoms with Crippen LogP contribution >= 0.6 is 0 Å². The molecule has 5 saturated heterocycles. The number of carboxylic acid groups (broad SMARTS) is 1. The summed E-state index contributed by atoms with van der Waals surface area (Å²) in [5.41, 5.74) is -1.19. The van der Waals surface area contributed by atoms with E-state index in [4.69, 9.17) is 28.4 Å². The molecule has 0 amide bonds. The molecule has 2 unspecified atom stereocenters. The zero-order valence-corrected chi connectivity index (χ0v) is 29.3. The number of carboxylic acids is 1. The zero-order chi connectivity index (χ0) is 34.0. The van der Waals surface area contributed by atoms with Crippen LogP contribution in [0.3, 0.4) is 0 Å². The third kappa shape index (κ3) is 6.42. The summed E-state index contributed by atoms with van der Waals surface area (Å²) < 4.78 is 39.1. The Balaban J connectivity index is 1.26. The fourth-order valence-corrected chi connectivity index (χ4v) is 9.64. The normalized spacial score (nSPS) is 51.7. The molecule has 11 heteroatoms. The third-order valence-corrected chi connectivity index (χ3v) is 12.6. The Morgan fingerprint density at radius 2 is 1.67 bits per heavy atom. The minimum Gasteiger partial charge on any atom is -0.481 e. The monoisotopic (exact) mass is 656 g/mol. The van der Waals surface area contributed by atoms with E-state index in [0.29, 0.717) is 19.3 Å². The first kappa shape index (κ1) is 36.4. The van der Waals surface area contributed by atoms with Gasteiger partial charge in [-0.05, 0) is 64.7 Å². The average Bonchev–Trinajstić information content (AvgIpc) is 3.69. The van der Waals surface area contributed by atoms with Crippen molar-refractivity contribution in [2.45, 2.75) is 166 Å². The van der Waals surface area contributed by atoms with Gasteiger partial charge in [0, 0.05) is 37.7 Å². The maximum Gasteiger partial charge on any atom is 0.308 e. The number of rotatable bonds is 9. The van der Waals surface area contributed by atoms with E-state index < -0.39 is 59.6 Å². The largest absolute Gasteiger partial charge is 0.481 e. The lowest BCUT2D eigenvalue weighted by Gasteiger charge is -2.48. The highest BCUT2D eigenvalue weighted by Crippen LogP contribution is 2.54. The molecule has 0 bridgehead atoms. The van der Waals surface area contributed by atoms with Gasteiger partial charge in [-0.3, -0.25) is 4.79 Å². The molecule has 5 fully saturated rings. The molecular weight excluding hydrogens is 596 g/mol. The molecule has 0 aliphatic carbocycles. The Bertz CT molecular complexity index is 1090. The van der Waals surface area contributed by atoms with E-state index in [-0.39, 0.29) is 54.0 Å². The molecule has 0 radical (unpaired) electrons. The van der Waals surface area contributed by atoms with Crippen molar-refractivity contribution >= 4 is 5.97 Å². The lowest BCUT2D eigenvalue weighted by Crippen LogP contribution is -2.57. The van der Waals surface area contributed by atoms with Crippen LogP contribution in [0.2, 0.25) is 0 Å². The second kappa shape index (κ2) is 13.1. The van der Waals surface area contributed by atoms with Crippen molar-refractivity contribution in [2.24, 2.45) is 35.5 Å². The molecule has 0 aromatic carbocycles. The van der Waals surface area contributed by atoms with Crippen LogP contribution < -0.4 is 0 Å². The summed E-state index contributed by atoms with van der Waals surface area (Å²) in [6, 6.07) is 0. The minimum absolute atomic E-state index is 0.167. The summed E-state index contributed by atoms with van der Waals surface area (Å²) in [7, 11) is 1.52. The van der Waals surface area contributed by atoms with Crippen LogP contribution in [0.1, 0.15) is 100 Å². The maximum absolute atomic E-state index is 11.8. The first-order chi connectivity index (χ1) is 21.4. The molecule has 0 aromatic heterocycles. The van der Waals surface area contributed by atoms with E-state index in [1.165, 1.54) is 7.11 Å². The van der Waals surface area contributed by atoms with Crippen LogP contribution in [-0.2, 0) is 33.2 Å². The lowest BCUT2D eigenvalue weighted by atomic mass is 9.78. The van der Waals surface area contributed by atoms with Gasteiger partial charge in [0.1, 0.15) is 0 Å². The molecule has 5 aliphatic heterocycles. The number of hydrogen-bond acceptors (Lipinski definition) is 10. The Morgan fingerprint density at radius 1 is 0.978 bits per heavy atom. The van der Waals surface area contributed by atoms with Crippen LogP contribution in [0.4, 0.5) is 0 Å². The van der Waals surface area contributed by atoms with Crippen LogP contribution in [0.25, 0.3) is 0 Å². The lowest BCUT2D eigenvalue weighted by molar-refractivity contribution is -0.336. The van der Waals surface area contributed by atoms with Gasteiger partial charge in [-0.2, -0.15) is 0 Å². The number of hydrogen-bond donors (Lipinski definition) is 4. The van der Waals surface area contributed by atoms with Gasteiger partial charge >= 0.3 is 5.97 Å². The van der Waals surface area contributed by atoms with E-state index in [2.05, 4.69) is 27.7 Å². The number of aliphatic hydroxyl groups excluding tert-OH is 2. The average molecular weight is 657 g/mol. The second-order valence-electron chi connectivity index (χ2n) is 16.2. The Labute approximate surface area is 274 Å². The summed E-state index contributed by atoms with van der Waals surface area (Å²) in [5, 5.41) is 41.7. The van der Waals surface area contributed by atoms with Crippen molar-refractivity contribution in [3.63, 3.8) is 0 Å². The minimum atomic E-state index is -1.56. The Kier molecular flexibility index (Phi) is 10.4. The summed E-state index contributed by atoms with van der Waals surface area (Å²) in [6.07, 6.45) is 2.15. The molecule has 0 aromatic rings. The van der Waals surface area contributed by atoms with Crippen LogP contribution in [0, 0.1) is 35.5 Å². The summed E-state index contributed by atoms with van der Waals surface area (Å²) in [6.45, 7) is 15.5. The third-order valence-electron chi connectivity index (χ3n) is 12.6. The standard InChI is InChI=1S/C35H60O11/c1-18-14-20(3)35(40,17-36)45-27(18)25-15-19(2)30(42-25)33(8)11-10-26(43-33)32(7)12-13-34(46-32)16-24(37)21(4)29(44-34)22(5)28(41-9)23(6)31(38)39/h18-30,36-37,40H,10-17H2,1-9H3,(H,38,39)/t18-,19-,20+,21+,22+,23-,24-,25+,26?,27-,28+,29-,30+,32-,33-,34?,35-/m0/s1. The van der Waals surface area contributed by atoms with E-state index in [0.717, 1.165) is 25.7 Å². The SMILES string of the molecule is CO[C@H]([C@@H](C)[C@H]1OC2(CC[C@@](C)(C3CC[C@@](C)([C@@H]4O[C@@H]([C@H]5O[C@@](O)(CO)[C@H](C)C[C@@H]5C)C[C@@H]4C)O3)O2)C[C@H](O)[C@H]1C)[C@H](C)C(=O)O. The molecule has 17 atom stereocenters. The van der Waals surface area contributed by atoms with Gasteiger partial charge in [0.25, 0.3) is 0 Å². The smallest absolute Gasteiger partial charge is 0.308 e. The molecule has 46 heavy (non-hydrogen) atoms. The van der Waals surface area contributed by atoms with Crippen molar-refractivity contribution in [1.29, 1.82) is 0 Å². The Morgan fingerprint density at radius 3 is 2.30 bits per heavy atom. The van der Waals surface area contributed by atoms with Crippen molar-refractivity contribution in [2.75, 3.05) is 13.7 Å². The van der Waals surface area contributed by atoms with Gasteiger partial charge in [-0.1, -0.05) is 34.6 Å². The number of methoxy groups -OCH3 is 1. The molecule has 4 N–H and O–H groups in total. The van der Waals surface area contributed by atoms with Crippen molar-refractivity contribution in [1.82, 2.24) is 0 Å². The van der Waals surface area contributed by atoms with Gasteiger partial charge in [0.15, 0.2) is 11.6 Å². The summed E-state index contributed by atoms with van der Waals surface area (Å²) in [4.78, 5) is 11.8. The molecule has 5 heterocycles. The molecule has 5 rings (SSSR count). The molecule has 0 saturated carbocycles. The zero-order valence-electron chi connectivity index (χ0n) is 29.3. The maximum atomic E-state index is 11.8. The summed E-state index contributed by atoms with van der Waals surface area (Å²) >= 11 is 0. The molecular formula is C35H60O11. The van der Waals surface area contributed by atoms with Crippen molar-refractivity contribution in [3.8, 4) is 0 Å². The molecule has 11 nitrogen and oxygen atoms in total. The number of carbonyl (C=O) groups is 1. The highest BCUT2D eigenvalue weighted by molar-refractivity contribution is 5.70. The van der Waals surface area contributed by atoms with Crippen LogP contribution in [-0.4, -0.2) is 106 Å². The van der Waals surface area contributed by atoms with Gasteiger partial charge in [-0.15, -0.1) is 0 Å². The van der Waals surface area contributed by atoms with E-state index >= 15 is 0 Å². The van der Waals surface area contributed by atoms with Crippen molar-refractivity contribution < 1.29 is 53.6 Å². The fraction of sp³-hybridized carbons (Fsp3) is 0.971. The van der Waals surface area contributed by atoms with E-state index in [1.54, 1.807) is 6.92 Å². The van der Waals surface area contributed by atoms with Crippen molar-refractivity contribution in [3.05, 3.63) is 0 Å². The Hall–Kier alpha value is -0.890. The van der Waals surface area contributed by atoms with Gasteiger partial charge in [-0.25, -0.2) is 0 Å². The fourth-order valence-electron chi connectivity index (χ4n) is 9.64. The number of ether oxygens (including phenoxy) is 6. The van der Waals surface area contributed by atoms with E-state index in [9.17, 15) is 25.2 Å². The highest BCUT2D eigenvalue weighted by Gasteiger charge is 2.61. The summed E-state index contributed by atoms with van der Waals surface area (Å²) in [5.74, 6) is -4.52. The van der Waals surface area contributed by atoms with Gasteiger partial charge in [0.05, 0.1) is 66.5 Å². The van der Waals surface area contributed by atoms with Gasteiger partial charge < -0.3 is 48.8 Å². The molecule has 266 valence electrons. The molecule has 1 spiro atoms. The quantitative estimate of drug-likeness (QED) is 0.286. The number of aliphatic hydroxyl groups is 3. The predicted molar refractivity (Wildman–Crippen MR) is 168 cm³/mol. The first-order valence-corrected chi connectivity index (χ1v) is 17.6. The topological polar surface area (TPSA) is 153 Å². The van der Waals surface area contributed by atoms with Gasteiger partial charge in [0.2, 0.25) is 0 Å². The number of aliphatic carboxylic acids is 1. The van der Waals surface area contributed by atoms with Crippen LogP contribution in [0.15, 0.2) is 0 Å². The molecule has 5 aliphatic rings. The predicted octanol–water partition coefficient (Wildman–Crippen LogP) is 3.88. The highest BCUT2D eigenvalue weighted by atomic mass is 16.7. The van der Waals surface area contributed by atoms with E-state index in [1.807, 2.05) is 20.8 Å². The van der Waals surface area contributed by atoms with Crippen LogP contribution in [0.5, 0.6) is 0 Å². The second-order valence-corrected chi connectivity index (χ2v) is 16.2. The first-order valence-electron chi connectivity index (χ1n) is 17.6.